The minimum atomic E-state index is -1.71. The lowest BCUT2D eigenvalue weighted by Crippen LogP contribution is -2.37. The number of rotatable bonds is 1. The van der Waals surface area contributed by atoms with Crippen molar-refractivity contribution in [1.29, 1.82) is 0 Å². The zero-order chi connectivity index (χ0) is 11.8. The highest BCUT2D eigenvalue weighted by atomic mass is 16.3. The minimum Gasteiger partial charge on any atom is -0.504 e. The number of aliphatic hydroxyl groups is 2. The molecule has 0 saturated heterocycles. The maximum absolute atomic E-state index is 10.3. The average Bonchev–Trinajstić information content (AvgIpc) is 2.26. The second-order valence-corrected chi connectivity index (χ2v) is 3.69. The van der Waals surface area contributed by atoms with Gasteiger partial charge in [0.15, 0.2) is 11.5 Å². The number of allylic oxidation sites excluding steroid dienone is 2. The molecule has 4 heteroatoms. The van der Waals surface area contributed by atoms with Crippen LogP contribution in [0.1, 0.15) is 5.56 Å². The first-order valence-corrected chi connectivity index (χ1v) is 4.83. The van der Waals surface area contributed by atoms with Gasteiger partial charge < -0.3 is 20.4 Å². The van der Waals surface area contributed by atoms with Crippen molar-refractivity contribution >= 4 is 0 Å². The van der Waals surface area contributed by atoms with Crippen LogP contribution in [0.2, 0.25) is 0 Å². The predicted octanol–water partition coefficient (Wildman–Crippen LogP) is 0.772. The van der Waals surface area contributed by atoms with Crippen LogP contribution in [0, 0.1) is 0 Å². The van der Waals surface area contributed by atoms with E-state index in [0.717, 1.165) is 0 Å². The number of para-hydroxylation sites is 1. The summed E-state index contributed by atoms with van der Waals surface area (Å²) in [5.41, 5.74) is -1.64. The van der Waals surface area contributed by atoms with Crippen LogP contribution in [-0.4, -0.2) is 26.5 Å². The van der Waals surface area contributed by atoms with E-state index in [4.69, 9.17) is 0 Å². The summed E-state index contributed by atoms with van der Waals surface area (Å²) < 4.78 is 0. The van der Waals surface area contributed by atoms with Crippen LogP contribution in [0.4, 0.5) is 0 Å². The van der Waals surface area contributed by atoms with Crippen LogP contribution in [0.25, 0.3) is 0 Å². The Bertz CT molecular complexity index is 464. The monoisotopic (exact) mass is 220 g/mol. The van der Waals surface area contributed by atoms with Gasteiger partial charge in [-0.05, 0) is 12.1 Å². The van der Waals surface area contributed by atoms with Gasteiger partial charge in [0.1, 0.15) is 11.7 Å². The molecule has 0 amide bonds. The highest BCUT2D eigenvalue weighted by Crippen LogP contribution is 2.39. The van der Waals surface area contributed by atoms with Crippen molar-refractivity contribution in [3.8, 4) is 11.5 Å². The maximum Gasteiger partial charge on any atom is 0.164 e. The summed E-state index contributed by atoms with van der Waals surface area (Å²) in [5, 5.41) is 39.0. The molecule has 0 spiro atoms. The van der Waals surface area contributed by atoms with Crippen LogP contribution in [0.5, 0.6) is 11.5 Å². The van der Waals surface area contributed by atoms with Gasteiger partial charge in [0.05, 0.1) is 0 Å². The molecule has 2 unspecified atom stereocenters. The van der Waals surface area contributed by atoms with E-state index in [2.05, 4.69) is 0 Å². The van der Waals surface area contributed by atoms with Crippen molar-refractivity contribution in [2.24, 2.45) is 0 Å². The molecule has 1 aliphatic rings. The second kappa shape index (κ2) is 3.66. The largest absolute Gasteiger partial charge is 0.504 e. The van der Waals surface area contributed by atoms with Crippen molar-refractivity contribution < 1.29 is 20.4 Å². The third-order valence-corrected chi connectivity index (χ3v) is 2.65. The first-order chi connectivity index (χ1) is 7.55. The molecule has 4 N–H and O–H groups in total. The maximum atomic E-state index is 10.3. The average molecular weight is 220 g/mol. The number of aliphatic hydroxyl groups excluding tert-OH is 1. The van der Waals surface area contributed by atoms with Crippen molar-refractivity contribution in [1.82, 2.24) is 0 Å². The van der Waals surface area contributed by atoms with E-state index in [1.54, 1.807) is 12.2 Å². The van der Waals surface area contributed by atoms with Gasteiger partial charge in [0.2, 0.25) is 0 Å². The van der Waals surface area contributed by atoms with Crippen LogP contribution >= 0.6 is 0 Å². The zero-order valence-corrected chi connectivity index (χ0v) is 8.41. The smallest absolute Gasteiger partial charge is 0.164 e. The molecular formula is C12H12O4. The molecule has 2 atom stereocenters. The SMILES string of the molecule is Oc1cccc(C2(O)C=CC=CC2O)c1O. The summed E-state index contributed by atoms with van der Waals surface area (Å²) in [5.74, 6) is -0.759. The highest BCUT2D eigenvalue weighted by Gasteiger charge is 2.37. The summed E-state index contributed by atoms with van der Waals surface area (Å²) in [6.07, 6.45) is 4.77. The lowest BCUT2D eigenvalue weighted by atomic mass is 9.84. The first kappa shape index (κ1) is 10.7. The number of hydrogen-bond donors (Lipinski definition) is 4. The fourth-order valence-electron chi connectivity index (χ4n) is 1.72. The molecule has 0 bridgehead atoms. The van der Waals surface area contributed by atoms with E-state index in [1.165, 1.54) is 30.4 Å². The van der Waals surface area contributed by atoms with E-state index >= 15 is 0 Å². The van der Waals surface area contributed by atoms with E-state index < -0.39 is 17.5 Å². The Labute approximate surface area is 92.4 Å². The molecule has 0 heterocycles. The molecule has 84 valence electrons. The quantitative estimate of drug-likeness (QED) is 0.527. The molecule has 16 heavy (non-hydrogen) atoms. The van der Waals surface area contributed by atoms with Crippen LogP contribution in [0.15, 0.2) is 42.5 Å². The number of phenols is 2. The molecule has 4 nitrogen and oxygen atoms in total. The number of hydrogen-bond acceptors (Lipinski definition) is 4. The second-order valence-electron chi connectivity index (χ2n) is 3.69. The molecule has 1 aromatic carbocycles. The van der Waals surface area contributed by atoms with Gasteiger partial charge in [-0.1, -0.05) is 30.4 Å². The van der Waals surface area contributed by atoms with Gasteiger partial charge in [0, 0.05) is 5.56 Å². The highest BCUT2D eigenvalue weighted by molar-refractivity contribution is 5.50. The van der Waals surface area contributed by atoms with Gasteiger partial charge in [-0.15, -0.1) is 0 Å². The molecule has 0 aromatic heterocycles. The molecule has 0 aliphatic heterocycles. The van der Waals surface area contributed by atoms with Crippen LogP contribution in [0.3, 0.4) is 0 Å². The Balaban J connectivity index is 2.55. The minimum absolute atomic E-state index is 0.0700. The number of phenolic OH excluding ortho intramolecular Hbond substituents is 2. The number of aromatic hydroxyl groups is 2. The standard InChI is InChI=1S/C12H12O4/c13-9-5-3-4-8(11(9)15)12(16)7-2-1-6-10(12)14/h1-7,10,13-16H. The molecule has 1 aromatic rings. The van der Waals surface area contributed by atoms with E-state index in [9.17, 15) is 20.4 Å². The van der Waals surface area contributed by atoms with Gasteiger partial charge >= 0.3 is 0 Å². The Morgan fingerprint density at radius 3 is 2.56 bits per heavy atom. The summed E-state index contributed by atoms with van der Waals surface area (Å²) in [7, 11) is 0. The third-order valence-electron chi connectivity index (χ3n) is 2.65. The summed E-state index contributed by atoms with van der Waals surface area (Å²) in [4.78, 5) is 0. The Morgan fingerprint density at radius 1 is 1.12 bits per heavy atom. The summed E-state index contributed by atoms with van der Waals surface area (Å²) in [6, 6.07) is 4.24. The van der Waals surface area contributed by atoms with Crippen molar-refractivity contribution in [3.05, 3.63) is 48.1 Å². The molecular weight excluding hydrogens is 208 g/mol. The van der Waals surface area contributed by atoms with E-state index in [0.29, 0.717) is 0 Å². The Kier molecular flexibility index (Phi) is 2.46. The van der Waals surface area contributed by atoms with E-state index in [1.807, 2.05) is 0 Å². The van der Waals surface area contributed by atoms with Gasteiger partial charge in [-0.3, -0.25) is 0 Å². The Morgan fingerprint density at radius 2 is 1.88 bits per heavy atom. The van der Waals surface area contributed by atoms with Gasteiger partial charge in [-0.25, -0.2) is 0 Å². The normalized spacial score (nSPS) is 28.2. The first-order valence-electron chi connectivity index (χ1n) is 4.83. The topological polar surface area (TPSA) is 80.9 Å². The lowest BCUT2D eigenvalue weighted by Gasteiger charge is -2.31. The zero-order valence-electron chi connectivity index (χ0n) is 8.41. The molecule has 0 saturated carbocycles. The Hall–Kier alpha value is -1.78. The molecule has 2 rings (SSSR count). The fraction of sp³-hybridized carbons (Fsp3) is 0.167. The summed E-state index contributed by atoms with van der Waals surface area (Å²) >= 11 is 0. The van der Waals surface area contributed by atoms with Crippen LogP contribution in [-0.2, 0) is 5.60 Å². The van der Waals surface area contributed by atoms with Crippen molar-refractivity contribution in [2.75, 3.05) is 0 Å². The van der Waals surface area contributed by atoms with Crippen molar-refractivity contribution in [3.63, 3.8) is 0 Å². The van der Waals surface area contributed by atoms with Gasteiger partial charge in [0.25, 0.3) is 0 Å². The molecule has 0 fully saturated rings. The number of benzene rings is 1. The lowest BCUT2D eigenvalue weighted by molar-refractivity contribution is -0.0210. The fourth-order valence-corrected chi connectivity index (χ4v) is 1.72. The predicted molar refractivity (Wildman–Crippen MR) is 58.0 cm³/mol. The summed E-state index contributed by atoms with van der Waals surface area (Å²) in [6.45, 7) is 0. The molecule has 0 radical (unpaired) electrons. The molecule has 1 aliphatic carbocycles. The third kappa shape index (κ3) is 1.48. The van der Waals surface area contributed by atoms with Crippen molar-refractivity contribution in [2.45, 2.75) is 11.7 Å². The van der Waals surface area contributed by atoms with E-state index in [-0.39, 0.29) is 11.3 Å². The van der Waals surface area contributed by atoms with Gasteiger partial charge in [-0.2, -0.15) is 0 Å². The van der Waals surface area contributed by atoms with Crippen LogP contribution < -0.4 is 0 Å².